The Kier molecular flexibility index (Phi) is 6.66. The summed E-state index contributed by atoms with van der Waals surface area (Å²) in [4.78, 5) is 37.3. The monoisotopic (exact) mass is 349 g/mol. The van der Waals surface area contributed by atoms with Crippen LogP contribution in [0.25, 0.3) is 0 Å². The SMILES string of the molecule is CN(C)C(=O)Sc1ccc(NC(=O)CCCNC(=O)C2CC2)cc1. The zero-order valence-electron chi connectivity index (χ0n) is 14.0. The number of benzene rings is 1. The van der Waals surface area contributed by atoms with Crippen LogP contribution in [0.15, 0.2) is 29.2 Å². The number of amides is 3. The zero-order chi connectivity index (χ0) is 17.5. The maximum absolute atomic E-state index is 11.9. The van der Waals surface area contributed by atoms with Crippen molar-refractivity contribution in [2.45, 2.75) is 30.6 Å². The van der Waals surface area contributed by atoms with Crippen LogP contribution in [0.5, 0.6) is 0 Å². The maximum atomic E-state index is 11.9. The molecular weight excluding hydrogens is 326 g/mol. The third kappa shape index (κ3) is 6.23. The minimum Gasteiger partial charge on any atom is -0.356 e. The predicted molar refractivity (Wildman–Crippen MR) is 95.0 cm³/mol. The van der Waals surface area contributed by atoms with Crippen molar-refractivity contribution in [3.8, 4) is 0 Å². The van der Waals surface area contributed by atoms with Crippen LogP contribution in [-0.4, -0.2) is 42.6 Å². The fraction of sp³-hybridized carbons (Fsp3) is 0.471. The third-order valence-electron chi connectivity index (χ3n) is 3.54. The number of nitrogens with zero attached hydrogens (tertiary/aromatic N) is 1. The van der Waals surface area contributed by atoms with E-state index < -0.39 is 0 Å². The van der Waals surface area contributed by atoms with Gasteiger partial charge in [0.2, 0.25) is 11.8 Å². The molecule has 3 amide bonds. The quantitative estimate of drug-likeness (QED) is 0.586. The fourth-order valence-corrected chi connectivity index (χ4v) is 2.63. The largest absolute Gasteiger partial charge is 0.356 e. The number of thioether (sulfide) groups is 1. The van der Waals surface area contributed by atoms with Gasteiger partial charge in [0, 0.05) is 43.6 Å². The van der Waals surface area contributed by atoms with Crippen molar-refractivity contribution in [2.24, 2.45) is 5.92 Å². The van der Waals surface area contributed by atoms with Crippen molar-refractivity contribution >= 4 is 34.5 Å². The molecule has 0 heterocycles. The molecule has 0 unspecified atom stereocenters. The Morgan fingerprint density at radius 2 is 1.83 bits per heavy atom. The molecule has 0 radical (unpaired) electrons. The molecular formula is C17H23N3O3S. The molecule has 0 aliphatic heterocycles. The van der Waals surface area contributed by atoms with Crippen LogP contribution in [0, 0.1) is 5.92 Å². The minimum atomic E-state index is -0.0829. The summed E-state index contributed by atoms with van der Waals surface area (Å²) in [6.07, 6.45) is 2.96. The first kappa shape index (κ1) is 18.3. The van der Waals surface area contributed by atoms with Gasteiger partial charge in [0.05, 0.1) is 0 Å². The van der Waals surface area contributed by atoms with Crippen molar-refractivity contribution in [1.82, 2.24) is 10.2 Å². The second-order valence-corrected chi connectivity index (χ2v) is 7.03. The maximum Gasteiger partial charge on any atom is 0.285 e. The molecule has 1 saturated carbocycles. The van der Waals surface area contributed by atoms with E-state index >= 15 is 0 Å². The van der Waals surface area contributed by atoms with E-state index in [9.17, 15) is 14.4 Å². The molecule has 130 valence electrons. The van der Waals surface area contributed by atoms with Gasteiger partial charge < -0.3 is 15.5 Å². The fourth-order valence-electron chi connectivity index (χ4n) is 1.97. The second kappa shape index (κ2) is 8.73. The van der Waals surface area contributed by atoms with Crippen LogP contribution in [0.2, 0.25) is 0 Å². The number of rotatable bonds is 7. The number of anilines is 1. The molecule has 0 spiro atoms. The molecule has 6 nitrogen and oxygen atoms in total. The first-order valence-corrected chi connectivity index (χ1v) is 8.84. The van der Waals surface area contributed by atoms with Crippen molar-refractivity contribution in [3.63, 3.8) is 0 Å². The van der Waals surface area contributed by atoms with Crippen molar-refractivity contribution in [2.75, 3.05) is 26.0 Å². The highest BCUT2D eigenvalue weighted by molar-refractivity contribution is 8.13. The zero-order valence-corrected chi connectivity index (χ0v) is 14.8. The minimum absolute atomic E-state index is 0.0416. The summed E-state index contributed by atoms with van der Waals surface area (Å²) in [5.41, 5.74) is 0.698. The first-order valence-electron chi connectivity index (χ1n) is 8.02. The standard InChI is InChI=1S/C17H23N3O3S/c1-20(2)17(23)24-14-9-7-13(8-10-14)19-15(21)4-3-11-18-16(22)12-5-6-12/h7-10,12H,3-6,11H2,1-2H3,(H,18,22)(H,19,21). The lowest BCUT2D eigenvalue weighted by Crippen LogP contribution is -2.26. The molecule has 2 rings (SSSR count). The third-order valence-corrected chi connectivity index (χ3v) is 4.58. The number of hydrogen-bond donors (Lipinski definition) is 2. The summed E-state index contributed by atoms with van der Waals surface area (Å²) in [6.45, 7) is 0.533. The van der Waals surface area contributed by atoms with Gasteiger partial charge in [-0.2, -0.15) is 0 Å². The number of carbonyl (C=O) groups excluding carboxylic acids is 3. The molecule has 1 fully saturated rings. The van der Waals surface area contributed by atoms with Crippen LogP contribution < -0.4 is 10.6 Å². The van der Waals surface area contributed by atoms with Gasteiger partial charge in [-0.25, -0.2) is 0 Å². The molecule has 7 heteroatoms. The Morgan fingerprint density at radius 3 is 2.42 bits per heavy atom. The molecule has 0 bridgehead atoms. The average Bonchev–Trinajstić information content (AvgIpc) is 3.38. The molecule has 1 aromatic carbocycles. The normalized spacial score (nSPS) is 13.2. The van der Waals surface area contributed by atoms with Gasteiger partial charge in [-0.15, -0.1) is 0 Å². The van der Waals surface area contributed by atoms with E-state index in [1.54, 1.807) is 38.4 Å². The van der Waals surface area contributed by atoms with E-state index in [0.29, 0.717) is 25.1 Å². The van der Waals surface area contributed by atoms with E-state index in [-0.39, 0.29) is 23.0 Å². The summed E-state index contributed by atoms with van der Waals surface area (Å²) in [5.74, 6) is 0.228. The Morgan fingerprint density at radius 1 is 1.17 bits per heavy atom. The lowest BCUT2D eigenvalue weighted by molar-refractivity contribution is -0.122. The van der Waals surface area contributed by atoms with E-state index in [2.05, 4.69) is 10.6 Å². The lowest BCUT2D eigenvalue weighted by atomic mass is 10.2. The number of carbonyl (C=O) groups is 3. The lowest BCUT2D eigenvalue weighted by Gasteiger charge is -2.10. The van der Waals surface area contributed by atoms with E-state index in [1.165, 1.54) is 4.90 Å². The van der Waals surface area contributed by atoms with Gasteiger partial charge in [0.1, 0.15) is 0 Å². The molecule has 2 N–H and O–H groups in total. The summed E-state index contributed by atoms with van der Waals surface area (Å²) < 4.78 is 0. The highest BCUT2D eigenvalue weighted by atomic mass is 32.2. The van der Waals surface area contributed by atoms with Gasteiger partial charge in [-0.3, -0.25) is 14.4 Å². The van der Waals surface area contributed by atoms with Gasteiger partial charge >= 0.3 is 0 Å². The van der Waals surface area contributed by atoms with E-state index in [1.807, 2.05) is 0 Å². The van der Waals surface area contributed by atoms with Crippen LogP contribution in [-0.2, 0) is 9.59 Å². The van der Waals surface area contributed by atoms with Gasteiger partial charge in [-0.1, -0.05) is 0 Å². The average molecular weight is 349 g/mol. The van der Waals surface area contributed by atoms with Crippen LogP contribution in [0.4, 0.5) is 10.5 Å². The van der Waals surface area contributed by atoms with Crippen LogP contribution in [0.3, 0.4) is 0 Å². The van der Waals surface area contributed by atoms with Crippen LogP contribution >= 0.6 is 11.8 Å². The number of hydrogen-bond acceptors (Lipinski definition) is 4. The summed E-state index contributed by atoms with van der Waals surface area (Å²) in [5, 5.41) is 5.61. The topological polar surface area (TPSA) is 78.5 Å². The molecule has 0 atom stereocenters. The van der Waals surface area contributed by atoms with Crippen molar-refractivity contribution < 1.29 is 14.4 Å². The smallest absolute Gasteiger partial charge is 0.285 e. The van der Waals surface area contributed by atoms with Crippen molar-refractivity contribution in [3.05, 3.63) is 24.3 Å². The van der Waals surface area contributed by atoms with Crippen molar-refractivity contribution in [1.29, 1.82) is 0 Å². The van der Waals surface area contributed by atoms with Gasteiger partial charge in [-0.05, 0) is 55.3 Å². The van der Waals surface area contributed by atoms with Crippen LogP contribution in [0.1, 0.15) is 25.7 Å². The Balaban J connectivity index is 1.67. The molecule has 0 aromatic heterocycles. The second-order valence-electron chi connectivity index (χ2n) is 6.00. The first-order chi connectivity index (χ1) is 11.5. The molecule has 1 aliphatic rings. The Labute approximate surface area is 146 Å². The summed E-state index contributed by atoms with van der Waals surface area (Å²) in [7, 11) is 3.41. The molecule has 0 saturated heterocycles. The summed E-state index contributed by atoms with van der Waals surface area (Å²) in [6, 6.07) is 7.16. The predicted octanol–water partition coefficient (Wildman–Crippen LogP) is 2.71. The summed E-state index contributed by atoms with van der Waals surface area (Å²) >= 11 is 1.14. The van der Waals surface area contributed by atoms with E-state index in [4.69, 9.17) is 0 Å². The molecule has 24 heavy (non-hydrogen) atoms. The van der Waals surface area contributed by atoms with E-state index in [0.717, 1.165) is 29.5 Å². The highest BCUT2D eigenvalue weighted by Gasteiger charge is 2.28. The van der Waals surface area contributed by atoms with Gasteiger partial charge in [0.15, 0.2) is 0 Å². The Bertz CT molecular complexity index is 598. The number of nitrogens with one attached hydrogen (secondary N) is 2. The Hall–Kier alpha value is -2.02. The molecule has 1 aromatic rings. The van der Waals surface area contributed by atoms with Gasteiger partial charge in [0.25, 0.3) is 5.24 Å². The molecule has 1 aliphatic carbocycles. The highest BCUT2D eigenvalue weighted by Crippen LogP contribution is 2.28.